The first kappa shape index (κ1) is 56.3. The molecule has 0 radical (unpaired) electrons. The van der Waals surface area contributed by atoms with Crippen molar-refractivity contribution in [3.05, 3.63) is 29.8 Å². The number of carbonyl (C=O) groups excluding carboxylic acids is 5. The fourth-order valence-electron chi connectivity index (χ4n) is 6.35. The van der Waals surface area contributed by atoms with Gasteiger partial charge in [-0.2, -0.15) is 0 Å². The zero-order valence-corrected chi connectivity index (χ0v) is 38.4. The topological polar surface area (TPSA) is 297 Å². The number of ether oxygens (including phenoxy) is 8. The third-order valence-corrected chi connectivity index (χ3v) is 9.83. The van der Waals surface area contributed by atoms with Gasteiger partial charge in [0.2, 0.25) is 11.8 Å². The van der Waals surface area contributed by atoms with Crippen molar-refractivity contribution in [2.75, 3.05) is 117 Å². The minimum absolute atomic E-state index is 0.0209. The van der Waals surface area contributed by atoms with Gasteiger partial charge in [0.15, 0.2) is 0 Å². The summed E-state index contributed by atoms with van der Waals surface area (Å²) < 4.78 is 41.7. The minimum atomic E-state index is -0.967. The Morgan fingerprint density at radius 3 is 1.60 bits per heavy atom. The first-order valence-electron chi connectivity index (χ1n) is 22.4. The van der Waals surface area contributed by atoms with Crippen molar-refractivity contribution in [3.8, 4) is 11.8 Å². The molecule has 0 spiro atoms. The smallest absolute Gasteiger partial charge is 0.407 e. The largest absolute Gasteiger partial charge is 0.449 e. The predicted molar refractivity (Wildman–Crippen MR) is 241 cm³/mol. The second kappa shape index (κ2) is 35.5. The Labute approximate surface area is 383 Å². The summed E-state index contributed by atoms with van der Waals surface area (Å²) in [7, 11) is 0. The van der Waals surface area contributed by atoms with Crippen molar-refractivity contribution < 1.29 is 61.9 Å². The molecule has 1 fully saturated rings. The second-order valence-corrected chi connectivity index (χ2v) is 15.3. The van der Waals surface area contributed by atoms with E-state index in [1.807, 2.05) is 0 Å². The van der Waals surface area contributed by atoms with Gasteiger partial charge in [-0.25, -0.2) is 14.4 Å². The van der Waals surface area contributed by atoms with Gasteiger partial charge in [-0.3, -0.25) is 9.59 Å². The van der Waals surface area contributed by atoms with Crippen molar-refractivity contribution in [2.45, 2.75) is 65.1 Å². The highest BCUT2D eigenvalue weighted by Gasteiger charge is 2.49. The molecule has 1 aromatic carbocycles. The van der Waals surface area contributed by atoms with Gasteiger partial charge >= 0.3 is 18.3 Å². The number of carbonyl (C=O) groups is 5. The van der Waals surface area contributed by atoms with E-state index < -0.39 is 42.2 Å². The van der Waals surface area contributed by atoms with Crippen LogP contribution in [0.5, 0.6) is 0 Å². The van der Waals surface area contributed by atoms with Crippen molar-refractivity contribution in [2.24, 2.45) is 40.9 Å². The SMILES string of the molecule is CC(C)[C@H](NC(=O)OCCOCCNC(=O)OCC1[C@H]2CCC#CCC[C@@H]12)C(=O)N[C@@H](C)C(=O)Nc1ccc(COC(=O)NCCOCCOCCN)cc1.NCCOCCOCCN. The Hall–Kier alpha value is -4.79. The van der Waals surface area contributed by atoms with Gasteiger partial charge in [-0.1, -0.05) is 26.0 Å². The number of anilines is 1. The molecule has 1 saturated carbocycles. The molecule has 0 aromatic heterocycles. The fraction of sp³-hybridized carbons (Fsp3) is 0.705. The van der Waals surface area contributed by atoms with Crippen LogP contribution in [-0.4, -0.2) is 154 Å². The van der Waals surface area contributed by atoms with Crippen LogP contribution in [0.1, 0.15) is 52.0 Å². The number of fused-ring (bicyclic) bond motifs is 1. The summed E-state index contributed by atoms with van der Waals surface area (Å²) in [6.07, 6.45) is 2.06. The van der Waals surface area contributed by atoms with E-state index in [0.29, 0.717) is 108 Å². The summed E-state index contributed by atoms with van der Waals surface area (Å²) in [6, 6.07) is 4.78. The molecule has 368 valence electrons. The normalized spacial score (nSPS) is 16.9. The standard InChI is InChI=1S/C38H58N6O11.C6H16N2O2/c1-26(2)33(44-38(49)53-23-22-52-19-16-41-37(48)55-25-32-30-8-6-4-5-7-9-31(30)32)35(46)42-27(3)34(45)43-29-12-10-28(11-13-29)24-54-36(47)40-15-18-51-21-20-50-17-14-39;7-1-3-9-5-6-10-4-2-8/h10-13,26-27,30-33H,6-9,14-25,39H2,1-3H3,(H,40,47)(H,41,48)(H,42,46)(H,43,45)(H,44,49);1-8H2/t27-,30-,31+,32?,33-;/m0./s1. The predicted octanol–water partition coefficient (Wildman–Crippen LogP) is 1.22. The van der Waals surface area contributed by atoms with E-state index in [4.69, 9.17) is 55.1 Å². The van der Waals surface area contributed by atoms with Crippen molar-refractivity contribution in [1.82, 2.24) is 21.3 Å². The summed E-state index contributed by atoms with van der Waals surface area (Å²) in [5, 5.41) is 13.1. The lowest BCUT2D eigenvalue weighted by Crippen LogP contribution is -2.53. The summed E-state index contributed by atoms with van der Waals surface area (Å²) in [6.45, 7) is 11.8. The van der Waals surface area contributed by atoms with Crippen LogP contribution >= 0.6 is 0 Å². The molecule has 11 N–H and O–H groups in total. The van der Waals surface area contributed by atoms with Crippen molar-refractivity contribution >= 4 is 35.8 Å². The molecule has 21 heteroatoms. The number of alkyl carbamates (subject to hydrolysis) is 3. The quantitative estimate of drug-likeness (QED) is 0.0295. The van der Waals surface area contributed by atoms with Gasteiger partial charge in [-0.15, -0.1) is 11.8 Å². The van der Waals surface area contributed by atoms with Crippen LogP contribution in [0.4, 0.5) is 20.1 Å². The maximum atomic E-state index is 13.0. The van der Waals surface area contributed by atoms with Gasteiger partial charge in [-0.05, 0) is 61.1 Å². The summed E-state index contributed by atoms with van der Waals surface area (Å²) >= 11 is 0. The summed E-state index contributed by atoms with van der Waals surface area (Å²) in [5.74, 6) is 6.63. The van der Waals surface area contributed by atoms with Crippen LogP contribution in [0.3, 0.4) is 0 Å². The number of nitrogens with one attached hydrogen (secondary N) is 5. The van der Waals surface area contributed by atoms with Crippen LogP contribution in [0.25, 0.3) is 0 Å². The van der Waals surface area contributed by atoms with Gasteiger partial charge < -0.3 is 81.7 Å². The highest BCUT2D eigenvalue weighted by molar-refractivity contribution is 5.98. The zero-order chi connectivity index (χ0) is 47.5. The van der Waals surface area contributed by atoms with E-state index in [0.717, 1.165) is 25.7 Å². The molecule has 2 aliphatic carbocycles. The molecule has 0 saturated heterocycles. The van der Waals surface area contributed by atoms with Gasteiger partial charge in [0.05, 0.1) is 72.7 Å². The Morgan fingerprint density at radius 1 is 0.600 bits per heavy atom. The van der Waals surface area contributed by atoms with E-state index in [9.17, 15) is 24.0 Å². The lowest BCUT2D eigenvalue weighted by molar-refractivity contribution is -0.128. The molecule has 3 rings (SSSR count). The number of hydrogen-bond acceptors (Lipinski definition) is 16. The Morgan fingerprint density at radius 2 is 1.09 bits per heavy atom. The fourth-order valence-corrected chi connectivity index (χ4v) is 6.35. The molecule has 65 heavy (non-hydrogen) atoms. The number of hydrogen-bond donors (Lipinski definition) is 8. The molecule has 0 aliphatic heterocycles. The number of amides is 5. The van der Waals surface area contributed by atoms with Gasteiger partial charge in [0.25, 0.3) is 0 Å². The highest BCUT2D eigenvalue weighted by atomic mass is 16.6. The molecular weight excluding hydrogens is 849 g/mol. The summed E-state index contributed by atoms with van der Waals surface area (Å²) in [5.41, 5.74) is 16.9. The molecular formula is C44H74N8O13. The average Bonchev–Trinajstić information content (AvgIpc) is 3.94. The monoisotopic (exact) mass is 923 g/mol. The summed E-state index contributed by atoms with van der Waals surface area (Å²) in [4.78, 5) is 62.2. The molecule has 0 bridgehead atoms. The average molecular weight is 923 g/mol. The van der Waals surface area contributed by atoms with Crippen molar-refractivity contribution in [1.29, 1.82) is 0 Å². The second-order valence-electron chi connectivity index (χ2n) is 15.3. The first-order chi connectivity index (χ1) is 31.5. The van der Waals surface area contributed by atoms with Gasteiger partial charge in [0.1, 0.15) is 25.3 Å². The van der Waals surface area contributed by atoms with Crippen molar-refractivity contribution in [3.63, 3.8) is 0 Å². The van der Waals surface area contributed by atoms with Crippen LogP contribution in [0.2, 0.25) is 0 Å². The maximum Gasteiger partial charge on any atom is 0.407 e. The molecule has 5 amide bonds. The highest BCUT2D eigenvalue weighted by Crippen LogP contribution is 2.52. The lowest BCUT2D eigenvalue weighted by Gasteiger charge is -2.23. The molecule has 5 atom stereocenters. The first-order valence-corrected chi connectivity index (χ1v) is 22.4. The number of nitrogens with two attached hydrogens (primary N) is 3. The number of benzene rings is 1. The van der Waals surface area contributed by atoms with Gasteiger partial charge in [0, 0.05) is 51.3 Å². The number of rotatable bonds is 31. The molecule has 0 heterocycles. The molecule has 1 aromatic rings. The third kappa shape index (κ3) is 26.7. The van der Waals surface area contributed by atoms with E-state index in [1.165, 1.54) is 6.92 Å². The lowest BCUT2D eigenvalue weighted by atomic mass is 10.0. The maximum absolute atomic E-state index is 13.0. The van der Waals surface area contributed by atoms with E-state index >= 15 is 0 Å². The molecule has 2 aliphatic rings. The zero-order valence-electron chi connectivity index (χ0n) is 38.4. The minimum Gasteiger partial charge on any atom is -0.449 e. The van der Waals surface area contributed by atoms with Crippen LogP contribution in [-0.2, 0) is 54.1 Å². The molecule has 1 unspecified atom stereocenters. The Kier molecular flexibility index (Phi) is 30.7. The Balaban J connectivity index is 0.00000129. The molecule has 21 nitrogen and oxygen atoms in total. The van der Waals surface area contributed by atoms with E-state index in [2.05, 4.69) is 38.4 Å². The van der Waals surface area contributed by atoms with E-state index in [-0.39, 0.29) is 45.4 Å². The Bertz CT molecular complexity index is 1540. The van der Waals surface area contributed by atoms with Crippen LogP contribution in [0, 0.1) is 35.5 Å². The van der Waals surface area contributed by atoms with Crippen LogP contribution < -0.4 is 43.8 Å². The van der Waals surface area contributed by atoms with E-state index in [1.54, 1.807) is 38.1 Å². The third-order valence-electron chi connectivity index (χ3n) is 9.83. The van der Waals surface area contributed by atoms with Crippen LogP contribution in [0.15, 0.2) is 24.3 Å².